The molecule has 2 aromatic carbocycles. The van der Waals surface area contributed by atoms with Gasteiger partial charge in [-0.2, -0.15) is 0 Å². The molecule has 0 unspecified atom stereocenters. The maximum atomic E-state index is 13.5. The lowest BCUT2D eigenvalue weighted by molar-refractivity contribution is -0.124. The second kappa shape index (κ2) is 14.0. The largest absolute Gasteiger partial charge is 0.487 e. The lowest BCUT2D eigenvalue weighted by Crippen LogP contribution is -2.45. The fourth-order valence-corrected chi connectivity index (χ4v) is 7.21. The highest BCUT2D eigenvalue weighted by Gasteiger charge is 2.40. The van der Waals surface area contributed by atoms with E-state index in [1.807, 2.05) is 42.2 Å². The van der Waals surface area contributed by atoms with Crippen molar-refractivity contribution in [3.8, 4) is 5.75 Å². The van der Waals surface area contributed by atoms with Gasteiger partial charge in [-0.15, -0.1) is 0 Å². The molecular weight excluding hydrogens is 618 g/mol. The molecule has 1 saturated carbocycles. The summed E-state index contributed by atoms with van der Waals surface area (Å²) in [6.45, 7) is 4.99. The van der Waals surface area contributed by atoms with E-state index in [1.54, 1.807) is 33.2 Å². The molecule has 5 rings (SSSR count). The SMILES string of the molecule is C[C@H]1C/C=C/[C@H](OC(=O)N(C)C)[C@@H]2CC[C@H]2CN2COCCc3cc(Cl)ccc3COc3ccc(cc32)S(=O)(=O)NC(=O)[C@@H]1C. The summed E-state index contributed by atoms with van der Waals surface area (Å²) < 4.78 is 47.8. The summed E-state index contributed by atoms with van der Waals surface area (Å²) in [6.07, 6.45) is 5.92. The number of hydrogen-bond acceptors (Lipinski definition) is 8. The third kappa shape index (κ3) is 7.76. The van der Waals surface area contributed by atoms with Crippen LogP contribution < -0.4 is 14.4 Å². The van der Waals surface area contributed by atoms with Crippen LogP contribution in [0.1, 0.15) is 44.2 Å². The number of carbonyl (C=O) groups excluding carboxylic acids is 2. The van der Waals surface area contributed by atoms with Crippen LogP contribution in [0.2, 0.25) is 5.02 Å². The number of amides is 2. The first-order chi connectivity index (χ1) is 21.4. The summed E-state index contributed by atoms with van der Waals surface area (Å²) in [5.74, 6) is -0.648. The molecule has 2 aliphatic heterocycles. The lowest BCUT2D eigenvalue weighted by Gasteiger charge is -2.43. The van der Waals surface area contributed by atoms with Gasteiger partial charge in [0.2, 0.25) is 5.91 Å². The zero-order valence-electron chi connectivity index (χ0n) is 26.2. The third-order valence-corrected chi connectivity index (χ3v) is 10.8. The number of rotatable bonds is 1. The number of fused-ring (bicyclic) bond motifs is 3. The molecule has 3 aliphatic rings. The number of anilines is 1. The first-order valence-corrected chi connectivity index (χ1v) is 17.3. The Bertz CT molecular complexity index is 1550. The van der Waals surface area contributed by atoms with Crippen LogP contribution in [0, 0.1) is 23.7 Å². The van der Waals surface area contributed by atoms with Crippen LogP contribution in [-0.4, -0.2) is 65.4 Å². The van der Waals surface area contributed by atoms with Crippen LogP contribution in [0.5, 0.6) is 5.75 Å². The Labute approximate surface area is 270 Å². The zero-order chi connectivity index (χ0) is 32.3. The Balaban J connectivity index is 1.55. The maximum Gasteiger partial charge on any atom is 0.409 e. The number of nitrogens with one attached hydrogen (secondary N) is 1. The smallest absolute Gasteiger partial charge is 0.409 e. The van der Waals surface area contributed by atoms with Gasteiger partial charge < -0.3 is 24.0 Å². The Kier molecular flexibility index (Phi) is 10.3. The van der Waals surface area contributed by atoms with Gasteiger partial charge in [-0.25, -0.2) is 17.9 Å². The highest BCUT2D eigenvalue weighted by Crippen LogP contribution is 2.42. The van der Waals surface area contributed by atoms with E-state index in [9.17, 15) is 18.0 Å². The second-order valence-corrected chi connectivity index (χ2v) is 14.6. The molecule has 5 atom stereocenters. The van der Waals surface area contributed by atoms with Crippen molar-refractivity contribution >= 4 is 39.3 Å². The average molecular weight is 660 g/mol. The summed E-state index contributed by atoms with van der Waals surface area (Å²) in [5, 5.41) is 0.629. The van der Waals surface area contributed by atoms with Crippen LogP contribution in [0.4, 0.5) is 10.5 Å². The Morgan fingerprint density at radius 1 is 1.11 bits per heavy atom. The van der Waals surface area contributed by atoms with Gasteiger partial charge in [-0.1, -0.05) is 37.6 Å². The Hall–Kier alpha value is -3.28. The van der Waals surface area contributed by atoms with Gasteiger partial charge in [-0.05, 0) is 85.1 Å². The first-order valence-electron chi connectivity index (χ1n) is 15.4. The molecule has 12 heteroatoms. The van der Waals surface area contributed by atoms with Crippen molar-refractivity contribution in [1.29, 1.82) is 0 Å². The van der Waals surface area contributed by atoms with E-state index in [0.717, 1.165) is 24.0 Å². The van der Waals surface area contributed by atoms with Gasteiger partial charge in [0, 0.05) is 37.5 Å². The number of sulfonamides is 1. The van der Waals surface area contributed by atoms with Crippen molar-refractivity contribution in [2.45, 2.75) is 57.1 Å². The van der Waals surface area contributed by atoms with Gasteiger partial charge in [0.05, 0.1) is 17.2 Å². The minimum absolute atomic E-state index is 0.0416. The van der Waals surface area contributed by atoms with E-state index >= 15 is 0 Å². The van der Waals surface area contributed by atoms with E-state index in [1.165, 1.54) is 11.0 Å². The number of allylic oxidation sites excluding steroid dienone is 1. The fraction of sp³-hybridized carbons (Fsp3) is 0.515. The molecule has 1 N–H and O–H groups in total. The monoisotopic (exact) mass is 659 g/mol. The van der Waals surface area contributed by atoms with Gasteiger partial charge in [0.1, 0.15) is 25.2 Å². The van der Waals surface area contributed by atoms with Crippen LogP contribution >= 0.6 is 11.6 Å². The van der Waals surface area contributed by atoms with Crippen molar-refractivity contribution in [1.82, 2.24) is 9.62 Å². The summed E-state index contributed by atoms with van der Waals surface area (Å²) in [4.78, 5) is 29.1. The zero-order valence-corrected chi connectivity index (χ0v) is 27.8. The van der Waals surface area contributed by atoms with Gasteiger partial charge in [-0.3, -0.25) is 4.79 Å². The molecule has 2 heterocycles. The molecule has 1 aliphatic carbocycles. The minimum Gasteiger partial charge on any atom is -0.487 e. The Morgan fingerprint density at radius 2 is 1.91 bits per heavy atom. The van der Waals surface area contributed by atoms with Crippen molar-refractivity contribution in [2.75, 3.05) is 38.9 Å². The molecule has 244 valence electrons. The highest BCUT2D eigenvalue weighted by atomic mass is 35.5. The van der Waals surface area contributed by atoms with Gasteiger partial charge >= 0.3 is 6.09 Å². The van der Waals surface area contributed by atoms with Crippen LogP contribution in [0.15, 0.2) is 53.4 Å². The van der Waals surface area contributed by atoms with Gasteiger partial charge in [0.15, 0.2) is 0 Å². The fourth-order valence-electron chi connectivity index (χ4n) is 5.94. The predicted octanol–water partition coefficient (Wildman–Crippen LogP) is 5.39. The number of nitrogens with zero attached hydrogens (tertiary/aromatic N) is 2. The normalized spacial score (nSPS) is 27.6. The van der Waals surface area contributed by atoms with Crippen molar-refractivity contribution in [3.05, 3.63) is 64.7 Å². The molecule has 1 fully saturated rings. The average Bonchev–Trinajstić information content (AvgIpc) is 3.01. The van der Waals surface area contributed by atoms with Crippen LogP contribution in [0.3, 0.4) is 0 Å². The van der Waals surface area contributed by atoms with E-state index < -0.39 is 34.0 Å². The standard InChI is InChI=1S/C33H42ClN3O7S/c1-21-6-5-7-30(44-33(39)36(3)4)28-12-9-24(28)18-37-20-42-15-14-23-16-26(34)10-8-25(23)19-43-31-13-11-27(17-29(31)37)45(40,41)35-32(38)22(21)2/h5,7-8,10-11,13,16-17,21-22,24,28,30H,6,9,12,14-15,18-20H2,1-4H3,(H,35,38)/b7-5+/t21-,22+,24-,28+,30-/m0/s1. The molecular formula is C33H42ClN3O7S. The molecule has 0 radical (unpaired) electrons. The van der Waals surface area contributed by atoms with Gasteiger partial charge in [0.25, 0.3) is 10.0 Å². The van der Waals surface area contributed by atoms with Crippen molar-refractivity contribution in [3.63, 3.8) is 0 Å². The molecule has 0 aromatic heterocycles. The van der Waals surface area contributed by atoms with E-state index in [-0.39, 0.29) is 36.0 Å². The van der Waals surface area contributed by atoms with E-state index in [2.05, 4.69) is 4.72 Å². The molecule has 0 spiro atoms. The van der Waals surface area contributed by atoms with E-state index in [4.69, 9.17) is 25.8 Å². The Morgan fingerprint density at radius 3 is 2.64 bits per heavy atom. The molecule has 2 aromatic rings. The molecule has 2 bridgehead atoms. The summed E-state index contributed by atoms with van der Waals surface area (Å²) in [6, 6.07) is 10.3. The quantitative estimate of drug-likeness (QED) is 0.406. The number of benzene rings is 2. The number of ether oxygens (including phenoxy) is 3. The summed E-state index contributed by atoms with van der Waals surface area (Å²) in [7, 11) is -0.862. The lowest BCUT2D eigenvalue weighted by atomic mass is 9.70. The van der Waals surface area contributed by atoms with Crippen LogP contribution in [-0.2, 0) is 37.3 Å². The minimum atomic E-state index is -4.17. The molecule has 10 nitrogen and oxygen atoms in total. The molecule has 0 saturated heterocycles. The number of carbonyl (C=O) groups is 2. The predicted molar refractivity (Wildman–Crippen MR) is 172 cm³/mol. The third-order valence-electron chi connectivity index (χ3n) is 9.19. The van der Waals surface area contributed by atoms with E-state index in [0.29, 0.717) is 42.5 Å². The second-order valence-electron chi connectivity index (χ2n) is 12.5. The topological polar surface area (TPSA) is 114 Å². The highest BCUT2D eigenvalue weighted by molar-refractivity contribution is 7.90. The van der Waals surface area contributed by atoms with Crippen molar-refractivity contribution < 1.29 is 32.2 Å². The first kappa shape index (κ1) is 33.1. The van der Waals surface area contributed by atoms with Crippen molar-refractivity contribution in [2.24, 2.45) is 23.7 Å². The molecule has 2 amide bonds. The summed E-state index contributed by atoms with van der Waals surface area (Å²) in [5.41, 5.74) is 2.52. The van der Waals surface area contributed by atoms with Crippen LogP contribution in [0.25, 0.3) is 0 Å². The molecule has 45 heavy (non-hydrogen) atoms. The number of hydrogen-bond donors (Lipinski definition) is 1. The maximum absolute atomic E-state index is 13.5. The summed E-state index contributed by atoms with van der Waals surface area (Å²) >= 11 is 6.28. The number of halogens is 1.